The molecule has 8 nitrogen and oxygen atoms in total. The number of amides is 1. The van der Waals surface area contributed by atoms with E-state index >= 15 is 0 Å². The maximum atomic E-state index is 13.4. The van der Waals surface area contributed by atoms with Gasteiger partial charge in [-0.2, -0.15) is 0 Å². The monoisotopic (exact) mass is 546 g/mol. The molecule has 0 radical (unpaired) electrons. The van der Waals surface area contributed by atoms with Gasteiger partial charge in [0.15, 0.2) is 11.5 Å². The average Bonchev–Trinajstić information content (AvgIpc) is 3.69. The number of nitrogens with one attached hydrogen (secondary N) is 1. The SMILES string of the molecule is COCCCOc1cc(O[C@@H](C[C@H]2CNC[C@@H]2CN(C(=O)CC2CCOCC2)C2CC2)C(C)C)ccc1OC. The van der Waals surface area contributed by atoms with Crippen molar-refractivity contribution < 1.29 is 28.5 Å². The molecule has 1 N–H and O–H groups in total. The molecular formula is C31H50N2O6. The number of rotatable bonds is 16. The number of methoxy groups -OCH3 is 2. The van der Waals surface area contributed by atoms with Crippen LogP contribution in [-0.2, 0) is 14.3 Å². The first-order chi connectivity index (χ1) is 19.0. The van der Waals surface area contributed by atoms with E-state index in [-0.39, 0.29) is 6.10 Å². The number of nitrogens with zero attached hydrogens (tertiary/aromatic N) is 1. The van der Waals surface area contributed by atoms with Crippen LogP contribution in [0.2, 0.25) is 0 Å². The summed E-state index contributed by atoms with van der Waals surface area (Å²) in [7, 11) is 3.35. The summed E-state index contributed by atoms with van der Waals surface area (Å²) in [4.78, 5) is 15.6. The van der Waals surface area contributed by atoms with Crippen molar-refractivity contribution in [2.75, 3.05) is 60.3 Å². The molecule has 2 aliphatic heterocycles. The Morgan fingerprint density at radius 1 is 1.05 bits per heavy atom. The zero-order valence-corrected chi connectivity index (χ0v) is 24.5. The number of benzene rings is 1. The van der Waals surface area contributed by atoms with Crippen LogP contribution in [-0.4, -0.2) is 83.2 Å². The zero-order chi connectivity index (χ0) is 27.6. The lowest BCUT2D eigenvalue weighted by molar-refractivity contribution is -0.134. The molecule has 220 valence electrons. The molecule has 3 atom stereocenters. The Morgan fingerprint density at radius 2 is 1.82 bits per heavy atom. The molecule has 3 fully saturated rings. The second kappa shape index (κ2) is 15.1. The summed E-state index contributed by atoms with van der Waals surface area (Å²) in [6.45, 7) is 10.0. The first-order valence-electron chi connectivity index (χ1n) is 15.0. The van der Waals surface area contributed by atoms with Crippen LogP contribution in [0.15, 0.2) is 18.2 Å². The van der Waals surface area contributed by atoms with Crippen molar-refractivity contribution in [3.8, 4) is 17.2 Å². The lowest BCUT2D eigenvalue weighted by Gasteiger charge is -2.32. The molecule has 0 aromatic heterocycles. The fourth-order valence-corrected chi connectivity index (χ4v) is 5.84. The van der Waals surface area contributed by atoms with Gasteiger partial charge in [-0.05, 0) is 81.0 Å². The number of carbonyl (C=O) groups is 1. The van der Waals surface area contributed by atoms with E-state index in [2.05, 4.69) is 24.1 Å². The molecule has 2 saturated heterocycles. The third-order valence-electron chi connectivity index (χ3n) is 8.47. The van der Waals surface area contributed by atoms with Gasteiger partial charge in [-0.25, -0.2) is 0 Å². The third kappa shape index (κ3) is 8.98. The van der Waals surface area contributed by atoms with E-state index in [0.717, 1.165) is 77.1 Å². The first kappa shape index (κ1) is 29.9. The van der Waals surface area contributed by atoms with E-state index in [9.17, 15) is 4.79 Å². The van der Waals surface area contributed by atoms with Crippen LogP contribution < -0.4 is 19.5 Å². The minimum atomic E-state index is 0.0689. The zero-order valence-electron chi connectivity index (χ0n) is 24.5. The molecule has 3 aliphatic rings. The predicted octanol–water partition coefficient (Wildman–Crippen LogP) is 4.55. The standard InChI is InChI=1S/C31H50N2O6/c1-22(2)29(39-27-8-9-28(36-4)30(18-27)38-13-5-12-35-3)17-24-19-32-20-25(24)21-33(26-6-7-26)31(34)16-23-10-14-37-15-11-23/h8-9,18,22-26,29,32H,5-7,10-17,19-21H2,1-4H3/t24-,25+,29-/m0/s1. The minimum Gasteiger partial charge on any atom is -0.493 e. The Balaban J connectivity index is 1.36. The first-order valence-corrected chi connectivity index (χ1v) is 15.0. The highest BCUT2D eigenvalue weighted by atomic mass is 16.5. The Bertz CT molecular complexity index is 886. The molecule has 1 aromatic carbocycles. The van der Waals surface area contributed by atoms with E-state index in [1.807, 2.05) is 18.2 Å². The van der Waals surface area contributed by atoms with Crippen LogP contribution in [0.1, 0.15) is 58.8 Å². The summed E-state index contributed by atoms with van der Waals surface area (Å²) in [6.07, 6.45) is 6.83. The molecule has 0 spiro atoms. The summed E-state index contributed by atoms with van der Waals surface area (Å²) in [6, 6.07) is 6.26. The molecular weight excluding hydrogens is 496 g/mol. The van der Waals surface area contributed by atoms with Gasteiger partial charge in [0.1, 0.15) is 11.9 Å². The minimum absolute atomic E-state index is 0.0689. The molecule has 0 unspecified atom stereocenters. The van der Waals surface area contributed by atoms with Crippen molar-refractivity contribution in [3.63, 3.8) is 0 Å². The third-order valence-corrected chi connectivity index (χ3v) is 8.47. The van der Waals surface area contributed by atoms with Crippen LogP contribution in [0.3, 0.4) is 0 Å². The maximum Gasteiger partial charge on any atom is 0.223 e. The van der Waals surface area contributed by atoms with Crippen molar-refractivity contribution in [1.29, 1.82) is 0 Å². The summed E-state index contributed by atoms with van der Waals surface area (Å²) >= 11 is 0. The molecule has 1 saturated carbocycles. The summed E-state index contributed by atoms with van der Waals surface area (Å²) < 4.78 is 28.7. The number of carbonyl (C=O) groups excluding carboxylic acids is 1. The molecule has 8 heteroatoms. The van der Waals surface area contributed by atoms with E-state index in [4.69, 9.17) is 23.7 Å². The van der Waals surface area contributed by atoms with Gasteiger partial charge < -0.3 is 33.9 Å². The van der Waals surface area contributed by atoms with E-state index in [0.29, 0.717) is 66.8 Å². The highest BCUT2D eigenvalue weighted by Crippen LogP contribution is 2.36. The summed E-state index contributed by atoms with van der Waals surface area (Å²) in [5.41, 5.74) is 0. The Hall–Kier alpha value is -2.03. The van der Waals surface area contributed by atoms with Crippen LogP contribution in [0.25, 0.3) is 0 Å². The van der Waals surface area contributed by atoms with Gasteiger partial charge >= 0.3 is 0 Å². The van der Waals surface area contributed by atoms with Gasteiger partial charge in [0.2, 0.25) is 5.91 Å². The smallest absolute Gasteiger partial charge is 0.223 e. The normalized spacial score (nSPS) is 22.6. The number of hydrogen-bond donors (Lipinski definition) is 1. The fraction of sp³-hybridized carbons (Fsp3) is 0.774. The van der Waals surface area contributed by atoms with E-state index in [1.165, 1.54) is 0 Å². The molecule has 1 aliphatic carbocycles. The Morgan fingerprint density at radius 3 is 2.51 bits per heavy atom. The summed E-state index contributed by atoms with van der Waals surface area (Å²) in [5, 5.41) is 3.62. The van der Waals surface area contributed by atoms with Crippen LogP contribution >= 0.6 is 0 Å². The van der Waals surface area contributed by atoms with Crippen molar-refractivity contribution in [2.45, 2.75) is 70.9 Å². The fourth-order valence-electron chi connectivity index (χ4n) is 5.84. The van der Waals surface area contributed by atoms with Crippen molar-refractivity contribution in [1.82, 2.24) is 10.2 Å². The topological polar surface area (TPSA) is 78.5 Å². The molecule has 1 amide bonds. The summed E-state index contributed by atoms with van der Waals surface area (Å²) in [5.74, 6) is 4.29. The van der Waals surface area contributed by atoms with Crippen LogP contribution in [0.4, 0.5) is 0 Å². The molecule has 0 bridgehead atoms. The van der Waals surface area contributed by atoms with E-state index < -0.39 is 0 Å². The lowest BCUT2D eigenvalue weighted by Crippen LogP contribution is -2.41. The van der Waals surface area contributed by atoms with Gasteiger partial charge in [0.25, 0.3) is 0 Å². The lowest BCUT2D eigenvalue weighted by atomic mass is 9.86. The average molecular weight is 547 g/mol. The van der Waals surface area contributed by atoms with Crippen LogP contribution in [0.5, 0.6) is 17.2 Å². The molecule has 39 heavy (non-hydrogen) atoms. The highest BCUT2D eigenvalue weighted by molar-refractivity contribution is 5.77. The Labute approximate surface area is 235 Å². The second-order valence-corrected chi connectivity index (χ2v) is 11.9. The van der Waals surface area contributed by atoms with Gasteiger partial charge in [0, 0.05) is 58.4 Å². The second-order valence-electron chi connectivity index (χ2n) is 11.9. The van der Waals surface area contributed by atoms with Crippen molar-refractivity contribution in [2.24, 2.45) is 23.7 Å². The maximum absolute atomic E-state index is 13.4. The Kier molecular flexibility index (Phi) is 11.6. The number of hydrogen-bond acceptors (Lipinski definition) is 7. The van der Waals surface area contributed by atoms with Crippen LogP contribution in [0, 0.1) is 23.7 Å². The van der Waals surface area contributed by atoms with Gasteiger partial charge in [-0.1, -0.05) is 13.8 Å². The molecule has 1 aromatic rings. The van der Waals surface area contributed by atoms with Crippen molar-refractivity contribution in [3.05, 3.63) is 18.2 Å². The van der Waals surface area contributed by atoms with E-state index in [1.54, 1.807) is 14.2 Å². The molecule has 2 heterocycles. The van der Waals surface area contributed by atoms with Gasteiger partial charge in [-0.3, -0.25) is 4.79 Å². The van der Waals surface area contributed by atoms with Gasteiger partial charge in [0.05, 0.1) is 13.7 Å². The van der Waals surface area contributed by atoms with Gasteiger partial charge in [-0.15, -0.1) is 0 Å². The largest absolute Gasteiger partial charge is 0.493 e. The van der Waals surface area contributed by atoms with Crippen molar-refractivity contribution >= 4 is 5.91 Å². The highest BCUT2D eigenvalue weighted by Gasteiger charge is 2.39. The quantitative estimate of drug-likeness (QED) is 0.305. The molecule has 4 rings (SSSR count). The number of ether oxygens (including phenoxy) is 5. The predicted molar refractivity (Wildman–Crippen MR) is 152 cm³/mol.